The van der Waals surface area contributed by atoms with E-state index in [1.165, 1.54) is 6.26 Å². The van der Waals surface area contributed by atoms with E-state index in [0.717, 1.165) is 32.8 Å². The summed E-state index contributed by atoms with van der Waals surface area (Å²) in [7, 11) is 0. The van der Waals surface area contributed by atoms with Crippen molar-refractivity contribution in [1.29, 1.82) is 0 Å². The molecule has 1 aromatic heterocycles. The monoisotopic (exact) mass is 283 g/mol. The van der Waals surface area contributed by atoms with Crippen LogP contribution in [0.3, 0.4) is 0 Å². The minimum absolute atomic E-state index is 0.0350. The van der Waals surface area contributed by atoms with Crippen LogP contribution in [0.15, 0.2) is 10.7 Å². The van der Waals surface area contributed by atoms with Crippen LogP contribution in [-0.4, -0.2) is 61.3 Å². The molecule has 1 aliphatic heterocycles. The first-order valence-corrected chi connectivity index (χ1v) is 6.88. The predicted octanol–water partition coefficient (Wildman–Crippen LogP) is 0.524. The van der Waals surface area contributed by atoms with Crippen molar-refractivity contribution < 1.29 is 18.7 Å². The smallest absolute Gasteiger partial charge is 0.394 e. The molecular formula is C13H21N3O4. The van der Waals surface area contributed by atoms with Gasteiger partial charge in [-0.2, -0.15) is 4.98 Å². The molecule has 1 fully saturated rings. The van der Waals surface area contributed by atoms with Crippen molar-refractivity contribution in [1.82, 2.24) is 15.2 Å². The first kappa shape index (κ1) is 14.8. The minimum Gasteiger partial charge on any atom is -0.450 e. The molecule has 1 aromatic rings. The summed E-state index contributed by atoms with van der Waals surface area (Å²) >= 11 is 0. The van der Waals surface area contributed by atoms with Gasteiger partial charge < -0.3 is 19.2 Å². The molecule has 0 saturated carbocycles. The Morgan fingerprint density at radius 3 is 3.00 bits per heavy atom. The zero-order chi connectivity index (χ0) is 14.4. The minimum atomic E-state index is -0.250. The third-order valence-electron chi connectivity index (χ3n) is 3.00. The van der Waals surface area contributed by atoms with Gasteiger partial charge in [-0.3, -0.25) is 9.69 Å². The van der Waals surface area contributed by atoms with Gasteiger partial charge in [-0.1, -0.05) is 0 Å². The third-order valence-corrected chi connectivity index (χ3v) is 3.00. The number of nitrogens with one attached hydrogen (secondary N) is 1. The van der Waals surface area contributed by atoms with Gasteiger partial charge in [0.25, 0.3) is 5.91 Å². The Morgan fingerprint density at radius 1 is 1.55 bits per heavy atom. The number of carbonyl (C=O) groups is 1. The third kappa shape index (κ3) is 4.21. The highest BCUT2D eigenvalue weighted by atomic mass is 16.6. The summed E-state index contributed by atoms with van der Waals surface area (Å²) in [6.45, 7) is 8.35. The number of morpholine rings is 1. The number of oxazole rings is 1. The molecule has 1 amide bonds. The fourth-order valence-electron chi connectivity index (χ4n) is 2.07. The largest absolute Gasteiger partial charge is 0.450 e. The van der Waals surface area contributed by atoms with Crippen LogP contribution >= 0.6 is 0 Å². The number of amides is 1. The molecule has 7 heteroatoms. The molecule has 0 radical (unpaired) electrons. The Kier molecular flexibility index (Phi) is 5.37. The van der Waals surface area contributed by atoms with Crippen molar-refractivity contribution in [2.24, 2.45) is 0 Å². The lowest BCUT2D eigenvalue weighted by molar-refractivity contribution is 0.0342. The second-order valence-electron chi connectivity index (χ2n) is 4.72. The van der Waals surface area contributed by atoms with E-state index in [-0.39, 0.29) is 23.7 Å². The van der Waals surface area contributed by atoms with Crippen molar-refractivity contribution in [2.75, 3.05) is 39.5 Å². The summed E-state index contributed by atoms with van der Waals surface area (Å²) in [5.74, 6) is -0.250. The van der Waals surface area contributed by atoms with E-state index < -0.39 is 0 Å². The molecule has 2 rings (SSSR count). The van der Waals surface area contributed by atoms with Gasteiger partial charge in [0.15, 0.2) is 5.69 Å². The van der Waals surface area contributed by atoms with Gasteiger partial charge >= 0.3 is 6.08 Å². The summed E-state index contributed by atoms with van der Waals surface area (Å²) < 4.78 is 15.4. The average Bonchev–Trinajstić information content (AvgIpc) is 2.89. The lowest BCUT2D eigenvalue weighted by Crippen LogP contribution is -2.46. The molecule has 1 aliphatic rings. The Hall–Kier alpha value is -1.60. The normalized spacial score (nSPS) is 17.7. The summed E-state index contributed by atoms with van der Waals surface area (Å²) in [5.41, 5.74) is 0.238. The van der Waals surface area contributed by atoms with E-state index in [4.69, 9.17) is 13.9 Å². The average molecular weight is 283 g/mol. The van der Waals surface area contributed by atoms with Gasteiger partial charge in [-0.05, 0) is 13.8 Å². The molecule has 1 saturated heterocycles. The lowest BCUT2D eigenvalue weighted by atomic mass is 10.2. The summed E-state index contributed by atoms with van der Waals surface area (Å²) in [6.07, 6.45) is 1.43. The van der Waals surface area contributed by atoms with E-state index in [9.17, 15) is 4.79 Å². The molecule has 7 nitrogen and oxygen atoms in total. The van der Waals surface area contributed by atoms with Crippen molar-refractivity contribution in [3.8, 4) is 6.08 Å². The van der Waals surface area contributed by atoms with Gasteiger partial charge in [0.05, 0.1) is 19.8 Å². The molecule has 20 heavy (non-hydrogen) atoms. The van der Waals surface area contributed by atoms with Crippen LogP contribution in [0, 0.1) is 0 Å². The molecule has 0 aliphatic carbocycles. The van der Waals surface area contributed by atoms with Gasteiger partial charge in [-0.15, -0.1) is 0 Å². The van der Waals surface area contributed by atoms with Crippen molar-refractivity contribution >= 4 is 5.91 Å². The second-order valence-corrected chi connectivity index (χ2v) is 4.72. The highest BCUT2D eigenvalue weighted by Gasteiger charge is 2.18. The molecule has 1 atom stereocenters. The molecule has 0 spiro atoms. The van der Waals surface area contributed by atoms with Gasteiger partial charge in [0.2, 0.25) is 0 Å². The lowest BCUT2D eigenvalue weighted by Gasteiger charge is -2.29. The Labute approximate surface area is 118 Å². The molecule has 112 valence electrons. The molecule has 2 heterocycles. The maximum atomic E-state index is 12.0. The van der Waals surface area contributed by atoms with Gasteiger partial charge in [-0.25, -0.2) is 0 Å². The summed E-state index contributed by atoms with van der Waals surface area (Å²) in [4.78, 5) is 18.2. The fraction of sp³-hybridized carbons (Fsp3) is 0.692. The highest BCUT2D eigenvalue weighted by molar-refractivity contribution is 5.92. The van der Waals surface area contributed by atoms with E-state index in [1.54, 1.807) is 0 Å². The Bertz CT molecular complexity index is 429. The topological polar surface area (TPSA) is 76.8 Å². The number of carbonyl (C=O) groups excluding carboxylic acids is 1. The van der Waals surface area contributed by atoms with Crippen LogP contribution in [0.2, 0.25) is 0 Å². The zero-order valence-electron chi connectivity index (χ0n) is 11.9. The molecule has 0 aromatic carbocycles. The highest BCUT2D eigenvalue weighted by Crippen LogP contribution is 2.10. The molecule has 0 bridgehead atoms. The summed E-state index contributed by atoms with van der Waals surface area (Å²) in [6, 6.07) is 0.0350. The van der Waals surface area contributed by atoms with Crippen LogP contribution in [0.4, 0.5) is 0 Å². The second kappa shape index (κ2) is 7.25. The fourth-order valence-corrected chi connectivity index (χ4v) is 2.07. The van der Waals surface area contributed by atoms with Crippen LogP contribution in [0.5, 0.6) is 6.08 Å². The number of nitrogens with zero attached hydrogens (tertiary/aromatic N) is 2. The number of ether oxygens (including phenoxy) is 2. The van der Waals surface area contributed by atoms with Crippen LogP contribution in [0.1, 0.15) is 24.3 Å². The maximum Gasteiger partial charge on any atom is 0.394 e. The van der Waals surface area contributed by atoms with Crippen molar-refractivity contribution in [2.45, 2.75) is 19.9 Å². The molecule has 1 N–H and O–H groups in total. The van der Waals surface area contributed by atoms with Crippen molar-refractivity contribution in [3.05, 3.63) is 12.0 Å². The number of aromatic nitrogens is 1. The maximum absolute atomic E-state index is 12.0. The summed E-state index contributed by atoms with van der Waals surface area (Å²) in [5, 5.41) is 2.90. The van der Waals surface area contributed by atoms with Gasteiger partial charge in [0.1, 0.15) is 6.26 Å². The first-order chi connectivity index (χ1) is 9.69. The predicted molar refractivity (Wildman–Crippen MR) is 71.9 cm³/mol. The van der Waals surface area contributed by atoms with E-state index in [2.05, 4.69) is 15.2 Å². The Balaban J connectivity index is 1.80. The Morgan fingerprint density at radius 2 is 2.30 bits per heavy atom. The quantitative estimate of drug-likeness (QED) is 0.820. The standard InChI is InChI=1S/C13H21N3O4/c1-3-19-13-15-11(9-20-13)12(17)14-10(2)8-16-4-6-18-7-5-16/h9-10H,3-8H2,1-2H3,(H,14,17)/t10-/m0/s1. The van der Waals surface area contributed by atoms with Crippen LogP contribution in [-0.2, 0) is 4.74 Å². The van der Waals surface area contributed by atoms with Crippen molar-refractivity contribution in [3.63, 3.8) is 0 Å². The van der Waals surface area contributed by atoms with Gasteiger partial charge in [0, 0.05) is 25.7 Å². The molecular weight excluding hydrogens is 262 g/mol. The first-order valence-electron chi connectivity index (χ1n) is 6.88. The van der Waals surface area contributed by atoms with E-state index in [1.807, 2.05) is 13.8 Å². The molecule has 0 unspecified atom stereocenters. The van der Waals surface area contributed by atoms with E-state index in [0.29, 0.717) is 6.61 Å². The van der Waals surface area contributed by atoms with Crippen LogP contribution in [0.25, 0.3) is 0 Å². The van der Waals surface area contributed by atoms with E-state index >= 15 is 0 Å². The number of rotatable bonds is 6. The SMILES string of the molecule is CCOc1nc(C(=O)N[C@@H](C)CN2CCOCC2)co1. The zero-order valence-corrected chi connectivity index (χ0v) is 11.9. The number of hydrogen-bond acceptors (Lipinski definition) is 6. The number of hydrogen-bond donors (Lipinski definition) is 1. The van der Waals surface area contributed by atoms with Crippen LogP contribution < -0.4 is 10.1 Å².